The molecule has 2 aromatic carbocycles. The van der Waals surface area contributed by atoms with E-state index in [0.717, 1.165) is 23.5 Å². The molecule has 0 aliphatic carbocycles. The molecule has 0 fully saturated rings. The third-order valence-corrected chi connectivity index (χ3v) is 4.71. The summed E-state index contributed by atoms with van der Waals surface area (Å²) in [5, 5.41) is 1.30. The van der Waals surface area contributed by atoms with E-state index in [4.69, 9.17) is 23.2 Å². The Morgan fingerprint density at radius 2 is 1.87 bits per heavy atom. The van der Waals surface area contributed by atoms with Crippen molar-refractivity contribution in [1.82, 2.24) is 0 Å². The van der Waals surface area contributed by atoms with Crippen LogP contribution in [0.15, 0.2) is 42.5 Å². The second-order valence-corrected chi connectivity index (χ2v) is 6.69. The lowest BCUT2D eigenvalue weighted by molar-refractivity contribution is -0.117. The van der Waals surface area contributed by atoms with Gasteiger partial charge in [0.25, 0.3) is 0 Å². The third kappa shape index (κ3) is 3.17. The van der Waals surface area contributed by atoms with Crippen molar-refractivity contribution in [3.8, 4) is 0 Å². The first-order valence-corrected chi connectivity index (χ1v) is 8.30. The molecule has 0 bridgehead atoms. The van der Waals surface area contributed by atoms with Crippen LogP contribution in [0.2, 0.25) is 10.0 Å². The van der Waals surface area contributed by atoms with E-state index in [0.29, 0.717) is 16.6 Å². The quantitative estimate of drug-likeness (QED) is 0.781. The van der Waals surface area contributed by atoms with E-state index in [1.54, 1.807) is 13.0 Å². The minimum atomic E-state index is 0.0640. The maximum absolute atomic E-state index is 12.0. The fraction of sp³-hybridized carbons (Fsp3) is 0.278. The van der Waals surface area contributed by atoms with Gasteiger partial charge in [-0.05, 0) is 36.8 Å². The van der Waals surface area contributed by atoms with Crippen LogP contribution in [0.4, 0.5) is 11.4 Å². The summed E-state index contributed by atoms with van der Waals surface area (Å²) in [5.74, 6) is 0.0640. The van der Waals surface area contributed by atoms with Gasteiger partial charge >= 0.3 is 0 Å². The van der Waals surface area contributed by atoms with Crippen LogP contribution in [-0.4, -0.2) is 18.5 Å². The first kappa shape index (κ1) is 16.2. The van der Waals surface area contributed by atoms with Crippen molar-refractivity contribution in [3.63, 3.8) is 0 Å². The maximum Gasteiger partial charge on any atom is 0.224 e. The Morgan fingerprint density at radius 1 is 1.17 bits per heavy atom. The van der Waals surface area contributed by atoms with Crippen LogP contribution in [0, 0.1) is 0 Å². The second kappa shape index (κ2) is 6.42. The van der Waals surface area contributed by atoms with Gasteiger partial charge in [0.1, 0.15) is 0 Å². The normalized spacial score (nSPS) is 17.1. The fourth-order valence-electron chi connectivity index (χ4n) is 3.16. The molecule has 1 aliphatic rings. The molecule has 0 aromatic heterocycles. The van der Waals surface area contributed by atoms with Gasteiger partial charge in [0, 0.05) is 30.1 Å². The van der Waals surface area contributed by atoms with Gasteiger partial charge in [-0.3, -0.25) is 4.79 Å². The molecule has 0 N–H and O–H groups in total. The number of nitrogens with zero attached hydrogens (tertiary/aromatic N) is 2. The van der Waals surface area contributed by atoms with Crippen LogP contribution in [0.25, 0.3) is 0 Å². The fourth-order valence-corrected chi connectivity index (χ4v) is 3.63. The van der Waals surface area contributed by atoms with Crippen LogP contribution in [0.5, 0.6) is 0 Å². The summed E-state index contributed by atoms with van der Waals surface area (Å²) < 4.78 is 0. The van der Waals surface area contributed by atoms with E-state index in [2.05, 4.69) is 11.8 Å². The summed E-state index contributed by atoms with van der Waals surface area (Å²) in [6.07, 6.45) is 0. The number of rotatable bonds is 2. The molecular weight excluding hydrogens is 331 g/mol. The number of fused-ring (bicyclic) bond motifs is 1. The molecule has 3 nitrogen and oxygen atoms in total. The number of hydrogen-bond acceptors (Lipinski definition) is 2. The average molecular weight is 349 g/mol. The topological polar surface area (TPSA) is 23.6 Å². The first-order valence-electron chi connectivity index (χ1n) is 7.55. The van der Waals surface area contributed by atoms with Crippen molar-refractivity contribution < 1.29 is 4.79 Å². The Kier molecular flexibility index (Phi) is 4.51. The molecule has 1 unspecified atom stereocenters. The molecule has 1 aliphatic heterocycles. The second-order valence-electron chi connectivity index (χ2n) is 5.84. The van der Waals surface area contributed by atoms with E-state index in [9.17, 15) is 4.79 Å². The lowest BCUT2D eigenvalue weighted by Crippen LogP contribution is -2.49. The van der Waals surface area contributed by atoms with Crippen LogP contribution in [0.3, 0.4) is 0 Å². The summed E-state index contributed by atoms with van der Waals surface area (Å²) >= 11 is 12.3. The summed E-state index contributed by atoms with van der Waals surface area (Å²) in [6, 6.07) is 13.7. The van der Waals surface area contributed by atoms with Gasteiger partial charge in [0.2, 0.25) is 5.91 Å². The molecule has 0 saturated heterocycles. The van der Waals surface area contributed by atoms with Gasteiger partial charge in [0.15, 0.2) is 0 Å². The highest BCUT2D eigenvalue weighted by Gasteiger charge is 2.30. The summed E-state index contributed by atoms with van der Waals surface area (Å²) in [4.78, 5) is 16.1. The molecule has 120 valence electrons. The highest BCUT2D eigenvalue weighted by molar-refractivity contribution is 6.35. The van der Waals surface area contributed by atoms with Gasteiger partial charge in [-0.15, -0.1) is 0 Å². The summed E-state index contributed by atoms with van der Waals surface area (Å²) in [5.41, 5.74) is 3.02. The van der Waals surface area contributed by atoms with Gasteiger partial charge in [-0.2, -0.15) is 0 Å². The molecule has 2 aromatic rings. The van der Waals surface area contributed by atoms with Gasteiger partial charge in [-0.25, -0.2) is 0 Å². The number of carbonyl (C=O) groups is 1. The lowest BCUT2D eigenvalue weighted by Gasteiger charge is -2.42. The Labute approximate surface area is 146 Å². The maximum atomic E-state index is 12.0. The smallest absolute Gasteiger partial charge is 0.224 e. The van der Waals surface area contributed by atoms with Crippen LogP contribution in [0.1, 0.15) is 19.4 Å². The standard InChI is InChI=1S/C18H18Cl2N2O/c1-12-10-21(11-14-7-8-15(19)9-16(14)20)17-5-3-4-6-18(17)22(12)13(2)23/h3-9,12H,10-11H2,1-2H3. The van der Waals surface area contributed by atoms with Gasteiger partial charge in [-0.1, -0.05) is 41.4 Å². The number of para-hydroxylation sites is 2. The highest BCUT2D eigenvalue weighted by Crippen LogP contribution is 2.37. The zero-order chi connectivity index (χ0) is 16.6. The lowest BCUT2D eigenvalue weighted by atomic mass is 10.1. The predicted octanol–water partition coefficient (Wildman–Crippen LogP) is 4.76. The van der Waals surface area contributed by atoms with E-state index < -0.39 is 0 Å². The van der Waals surface area contributed by atoms with Gasteiger partial charge in [0.05, 0.1) is 17.4 Å². The van der Waals surface area contributed by atoms with Crippen LogP contribution >= 0.6 is 23.2 Å². The average Bonchev–Trinajstić information content (AvgIpc) is 2.49. The van der Waals surface area contributed by atoms with Crippen molar-refractivity contribution in [2.45, 2.75) is 26.4 Å². The Balaban J connectivity index is 1.97. The van der Waals surface area contributed by atoms with E-state index in [1.807, 2.05) is 41.3 Å². The van der Waals surface area contributed by atoms with Gasteiger partial charge < -0.3 is 9.80 Å². The number of carbonyl (C=O) groups excluding carboxylic acids is 1. The van der Waals surface area contributed by atoms with E-state index in [1.165, 1.54) is 0 Å². The molecule has 1 amide bonds. The van der Waals surface area contributed by atoms with Crippen molar-refractivity contribution in [2.24, 2.45) is 0 Å². The SMILES string of the molecule is CC(=O)N1c2ccccc2N(Cc2ccc(Cl)cc2Cl)CC1C. The number of amides is 1. The minimum Gasteiger partial charge on any atom is -0.363 e. The third-order valence-electron chi connectivity index (χ3n) is 4.12. The predicted molar refractivity (Wildman–Crippen MR) is 96.6 cm³/mol. The zero-order valence-electron chi connectivity index (χ0n) is 13.1. The number of benzene rings is 2. The molecule has 5 heteroatoms. The van der Waals surface area contributed by atoms with Crippen molar-refractivity contribution in [1.29, 1.82) is 0 Å². The Hall–Kier alpha value is -1.71. The molecule has 23 heavy (non-hydrogen) atoms. The Morgan fingerprint density at radius 3 is 2.52 bits per heavy atom. The minimum absolute atomic E-state index is 0.0640. The van der Waals surface area contributed by atoms with E-state index >= 15 is 0 Å². The largest absolute Gasteiger partial charge is 0.363 e. The molecule has 1 atom stereocenters. The zero-order valence-corrected chi connectivity index (χ0v) is 14.6. The summed E-state index contributed by atoms with van der Waals surface area (Å²) in [6.45, 7) is 5.12. The molecule has 3 rings (SSSR count). The number of hydrogen-bond donors (Lipinski definition) is 0. The van der Waals surface area contributed by atoms with Crippen LogP contribution < -0.4 is 9.80 Å². The molecule has 0 radical (unpaired) electrons. The van der Waals surface area contributed by atoms with E-state index in [-0.39, 0.29) is 11.9 Å². The monoisotopic (exact) mass is 348 g/mol. The Bertz CT molecular complexity index is 748. The van der Waals surface area contributed by atoms with Crippen LogP contribution in [-0.2, 0) is 11.3 Å². The number of anilines is 2. The van der Waals surface area contributed by atoms with Crippen molar-refractivity contribution >= 4 is 40.5 Å². The molecular formula is C18H18Cl2N2O. The number of halogens is 2. The molecule has 1 heterocycles. The van der Waals surface area contributed by atoms with Crippen molar-refractivity contribution in [3.05, 3.63) is 58.1 Å². The van der Waals surface area contributed by atoms with Crippen molar-refractivity contribution in [2.75, 3.05) is 16.3 Å². The first-order chi connectivity index (χ1) is 11.0. The molecule has 0 saturated carbocycles. The highest BCUT2D eigenvalue weighted by atomic mass is 35.5. The summed E-state index contributed by atoms with van der Waals surface area (Å²) in [7, 11) is 0. The molecule has 0 spiro atoms.